The minimum absolute atomic E-state index is 0.116. The van der Waals surface area contributed by atoms with Gasteiger partial charge in [-0.05, 0) is 25.0 Å². The molecule has 7 heteroatoms. The monoisotopic (exact) mass is 385 g/mol. The Balaban J connectivity index is 1.29. The lowest BCUT2D eigenvalue weighted by Gasteiger charge is -2.39. The van der Waals surface area contributed by atoms with Gasteiger partial charge in [-0.1, -0.05) is 23.7 Å². The molecular weight excluding hydrogens is 362 g/mol. The molecule has 2 aliphatic rings. The molecular formula is C20H24ClN5O. The smallest absolute Gasteiger partial charge is 0.225 e. The molecule has 4 rings (SSSR count). The number of rotatable bonds is 3. The molecule has 2 aromatic rings. The molecule has 0 unspecified atom stereocenters. The van der Waals surface area contributed by atoms with Crippen LogP contribution in [0.3, 0.4) is 0 Å². The van der Waals surface area contributed by atoms with E-state index in [0.717, 1.165) is 68.6 Å². The average molecular weight is 386 g/mol. The van der Waals surface area contributed by atoms with Crippen LogP contribution in [0.25, 0.3) is 0 Å². The fraction of sp³-hybridized carbons (Fsp3) is 0.450. The summed E-state index contributed by atoms with van der Waals surface area (Å²) < 4.78 is 0. The fourth-order valence-corrected chi connectivity index (χ4v) is 4.20. The summed E-state index contributed by atoms with van der Waals surface area (Å²) in [6.45, 7) is 4.88. The Morgan fingerprint density at radius 1 is 0.963 bits per heavy atom. The average Bonchev–Trinajstić information content (AvgIpc) is 2.74. The number of carbonyl (C=O) groups is 1. The Bertz CT molecular complexity index is 771. The van der Waals surface area contributed by atoms with Gasteiger partial charge in [-0.25, -0.2) is 4.98 Å². The van der Waals surface area contributed by atoms with Gasteiger partial charge >= 0.3 is 0 Å². The predicted octanol–water partition coefficient (Wildman–Crippen LogP) is 2.70. The van der Waals surface area contributed by atoms with E-state index in [9.17, 15) is 4.79 Å². The second-order valence-electron chi connectivity index (χ2n) is 7.09. The van der Waals surface area contributed by atoms with E-state index in [-0.39, 0.29) is 5.92 Å². The largest absolute Gasteiger partial charge is 0.367 e. The zero-order valence-electron chi connectivity index (χ0n) is 15.3. The highest BCUT2D eigenvalue weighted by Crippen LogP contribution is 2.27. The lowest BCUT2D eigenvalue weighted by molar-refractivity contribution is -0.136. The van der Waals surface area contributed by atoms with Crippen molar-refractivity contribution in [3.8, 4) is 0 Å². The Morgan fingerprint density at radius 2 is 1.70 bits per heavy atom. The number of piperidine rings is 1. The number of benzene rings is 1. The third kappa shape index (κ3) is 4.00. The first-order chi connectivity index (χ1) is 13.2. The van der Waals surface area contributed by atoms with Crippen LogP contribution >= 0.6 is 11.6 Å². The van der Waals surface area contributed by atoms with Gasteiger partial charge in [0.2, 0.25) is 5.91 Å². The molecule has 142 valence electrons. The summed E-state index contributed by atoms with van der Waals surface area (Å²) >= 11 is 6.31. The highest BCUT2D eigenvalue weighted by atomic mass is 35.5. The third-order valence-corrected chi connectivity index (χ3v) is 5.82. The highest BCUT2D eigenvalue weighted by Gasteiger charge is 2.31. The zero-order chi connectivity index (χ0) is 18.6. The Labute approximate surface area is 164 Å². The lowest BCUT2D eigenvalue weighted by Crippen LogP contribution is -2.51. The van der Waals surface area contributed by atoms with Crippen molar-refractivity contribution in [3.05, 3.63) is 47.9 Å². The first-order valence-corrected chi connectivity index (χ1v) is 9.89. The van der Waals surface area contributed by atoms with Gasteiger partial charge in [0.15, 0.2) is 0 Å². The van der Waals surface area contributed by atoms with Gasteiger partial charge in [0.25, 0.3) is 0 Å². The van der Waals surface area contributed by atoms with E-state index in [1.54, 1.807) is 18.6 Å². The second-order valence-corrected chi connectivity index (χ2v) is 7.50. The summed E-state index contributed by atoms with van der Waals surface area (Å²) in [4.78, 5) is 27.9. The van der Waals surface area contributed by atoms with E-state index >= 15 is 0 Å². The molecule has 6 nitrogen and oxygen atoms in total. The standard InChI is InChI=1S/C20H24ClN5O/c21-17-3-1-2-4-18(17)24-11-13-26(14-12-24)20(27)16-5-9-25(10-6-16)19-15-22-7-8-23-19/h1-4,7-8,15-16H,5-6,9-14H2. The van der Waals surface area contributed by atoms with E-state index in [1.807, 2.05) is 29.2 Å². The molecule has 1 amide bonds. The Hall–Kier alpha value is -2.34. The van der Waals surface area contributed by atoms with Gasteiger partial charge in [0, 0.05) is 57.6 Å². The summed E-state index contributed by atoms with van der Waals surface area (Å²) in [5.41, 5.74) is 1.06. The van der Waals surface area contributed by atoms with Gasteiger partial charge in [0.1, 0.15) is 5.82 Å². The van der Waals surface area contributed by atoms with Gasteiger partial charge < -0.3 is 14.7 Å². The van der Waals surface area contributed by atoms with Crippen LogP contribution in [-0.2, 0) is 4.79 Å². The van der Waals surface area contributed by atoms with Crippen LogP contribution < -0.4 is 9.80 Å². The predicted molar refractivity (Wildman–Crippen MR) is 107 cm³/mol. The molecule has 0 spiro atoms. The van der Waals surface area contributed by atoms with Crippen molar-refractivity contribution >= 4 is 29.0 Å². The summed E-state index contributed by atoms with van der Waals surface area (Å²) in [5.74, 6) is 1.31. The second kappa shape index (κ2) is 8.13. The number of anilines is 2. The molecule has 2 aliphatic heterocycles. The van der Waals surface area contributed by atoms with Crippen molar-refractivity contribution in [3.63, 3.8) is 0 Å². The van der Waals surface area contributed by atoms with Crippen molar-refractivity contribution < 1.29 is 4.79 Å². The minimum Gasteiger partial charge on any atom is -0.367 e. The van der Waals surface area contributed by atoms with E-state index in [0.29, 0.717) is 5.91 Å². The first-order valence-electron chi connectivity index (χ1n) is 9.51. The van der Waals surface area contributed by atoms with Gasteiger partial charge in [-0.3, -0.25) is 9.78 Å². The number of halogens is 1. The fourth-order valence-electron chi connectivity index (χ4n) is 3.94. The molecule has 1 aromatic carbocycles. The molecule has 0 saturated carbocycles. The number of para-hydroxylation sites is 1. The van der Waals surface area contributed by atoms with Crippen molar-refractivity contribution in [1.29, 1.82) is 0 Å². The molecule has 2 saturated heterocycles. The van der Waals surface area contributed by atoms with Crippen LogP contribution in [0, 0.1) is 5.92 Å². The molecule has 0 aliphatic carbocycles. The topological polar surface area (TPSA) is 52.6 Å². The van der Waals surface area contributed by atoms with E-state index in [1.165, 1.54) is 0 Å². The van der Waals surface area contributed by atoms with Gasteiger partial charge in [-0.15, -0.1) is 0 Å². The van der Waals surface area contributed by atoms with Crippen molar-refractivity contribution in [2.24, 2.45) is 5.92 Å². The summed E-state index contributed by atoms with van der Waals surface area (Å²) in [6.07, 6.45) is 6.93. The molecule has 0 radical (unpaired) electrons. The van der Waals surface area contributed by atoms with Crippen LogP contribution in [0.2, 0.25) is 5.02 Å². The number of amides is 1. The molecule has 2 fully saturated rings. The quantitative estimate of drug-likeness (QED) is 0.813. The number of aromatic nitrogens is 2. The molecule has 27 heavy (non-hydrogen) atoms. The number of hydrogen-bond donors (Lipinski definition) is 0. The van der Waals surface area contributed by atoms with Crippen LogP contribution in [0.4, 0.5) is 11.5 Å². The summed E-state index contributed by atoms with van der Waals surface area (Å²) in [6, 6.07) is 7.91. The maximum atomic E-state index is 12.9. The number of carbonyl (C=O) groups excluding carboxylic acids is 1. The molecule has 0 N–H and O–H groups in total. The Morgan fingerprint density at radius 3 is 2.37 bits per heavy atom. The summed E-state index contributed by atoms with van der Waals surface area (Å²) in [7, 11) is 0. The SMILES string of the molecule is O=C(C1CCN(c2cnccn2)CC1)N1CCN(c2ccccc2Cl)CC1. The molecule has 1 aromatic heterocycles. The first kappa shape index (κ1) is 18.0. The number of hydrogen-bond acceptors (Lipinski definition) is 5. The van der Waals surface area contributed by atoms with Gasteiger partial charge in [0.05, 0.1) is 16.9 Å². The molecule has 0 bridgehead atoms. The normalized spacial score (nSPS) is 18.6. The van der Waals surface area contributed by atoms with E-state index in [4.69, 9.17) is 11.6 Å². The summed E-state index contributed by atoms with van der Waals surface area (Å²) in [5, 5.41) is 0.772. The maximum Gasteiger partial charge on any atom is 0.225 e. The Kier molecular flexibility index (Phi) is 5.43. The molecule has 0 atom stereocenters. The number of nitrogens with zero attached hydrogens (tertiary/aromatic N) is 5. The van der Waals surface area contributed by atoms with Crippen molar-refractivity contribution in [1.82, 2.24) is 14.9 Å². The molecule has 3 heterocycles. The van der Waals surface area contributed by atoms with Crippen LogP contribution in [0.15, 0.2) is 42.9 Å². The maximum absolute atomic E-state index is 12.9. The number of piperazine rings is 1. The van der Waals surface area contributed by atoms with Crippen LogP contribution in [0.1, 0.15) is 12.8 Å². The van der Waals surface area contributed by atoms with E-state index < -0.39 is 0 Å². The lowest BCUT2D eigenvalue weighted by atomic mass is 9.95. The highest BCUT2D eigenvalue weighted by molar-refractivity contribution is 6.33. The zero-order valence-corrected chi connectivity index (χ0v) is 16.1. The minimum atomic E-state index is 0.116. The van der Waals surface area contributed by atoms with Crippen molar-refractivity contribution in [2.75, 3.05) is 49.1 Å². The van der Waals surface area contributed by atoms with Crippen LogP contribution in [0.5, 0.6) is 0 Å². The third-order valence-electron chi connectivity index (χ3n) is 5.50. The van der Waals surface area contributed by atoms with Gasteiger partial charge in [-0.2, -0.15) is 0 Å². The van der Waals surface area contributed by atoms with Crippen LogP contribution in [-0.4, -0.2) is 60.0 Å². The van der Waals surface area contributed by atoms with E-state index in [2.05, 4.69) is 19.8 Å². The van der Waals surface area contributed by atoms with Crippen molar-refractivity contribution in [2.45, 2.75) is 12.8 Å².